The Morgan fingerprint density at radius 2 is 1.83 bits per heavy atom. The molecule has 5 heteroatoms. The first kappa shape index (κ1) is 15.8. The van der Waals surface area contributed by atoms with Crippen LogP contribution in [0.15, 0.2) is 46.9 Å². The van der Waals surface area contributed by atoms with Gasteiger partial charge in [-0.3, -0.25) is 4.79 Å². The normalized spacial score (nSPS) is 10.8. The number of fused-ring (bicyclic) bond motifs is 1. The Hall–Kier alpha value is -3.08. The average Bonchev–Trinajstić information content (AvgIpc) is 2.97. The highest BCUT2D eigenvalue weighted by molar-refractivity contribution is 5.93. The summed E-state index contributed by atoms with van der Waals surface area (Å²) in [6.07, 6.45) is 0.778. The van der Waals surface area contributed by atoms with Crippen molar-refractivity contribution in [3.63, 3.8) is 0 Å². The Morgan fingerprint density at radius 1 is 1.12 bits per heavy atom. The minimum absolute atomic E-state index is 0.0746. The summed E-state index contributed by atoms with van der Waals surface area (Å²) in [4.78, 5) is 22.1. The molecule has 122 valence electrons. The molecule has 0 saturated carbocycles. The Morgan fingerprint density at radius 3 is 2.42 bits per heavy atom. The van der Waals surface area contributed by atoms with E-state index in [4.69, 9.17) is 14.3 Å². The summed E-state index contributed by atoms with van der Waals surface area (Å²) in [5.41, 5.74) is 3.57. The molecule has 0 saturated heterocycles. The molecule has 0 amide bonds. The third-order valence-electron chi connectivity index (χ3n) is 3.76. The molecular formula is C19H16O5. The highest BCUT2D eigenvalue weighted by Crippen LogP contribution is 2.32. The van der Waals surface area contributed by atoms with Crippen LogP contribution in [0.4, 0.5) is 0 Å². The third-order valence-corrected chi connectivity index (χ3v) is 3.76. The molecule has 1 heterocycles. The van der Waals surface area contributed by atoms with E-state index in [-0.39, 0.29) is 11.7 Å². The topological polar surface area (TPSA) is 76.7 Å². The number of carboxylic acids is 1. The second-order valence-corrected chi connectivity index (χ2v) is 5.43. The number of carbonyl (C=O) groups excluding carboxylic acids is 1. The van der Waals surface area contributed by atoms with E-state index >= 15 is 0 Å². The van der Waals surface area contributed by atoms with E-state index < -0.39 is 5.97 Å². The zero-order valence-corrected chi connectivity index (χ0v) is 13.3. The number of ether oxygens (including phenoxy) is 1. The molecule has 0 aliphatic carbocycles. The van der Waals surface area contributed by atoms with E-state index in [0.717, 1.165) is 28.5 Å². The number of furan rings is 1. The summed E-state index contributed by atoms with van der Waals surface area (Å²) >= 11 is 0. The maximum absolute atomic E-state index is 11.1. The lowest BCUT2D eigenvalue weighted by Gasteiger charge is -2.09. The molecule has 0 fully saturated rings. The molecule has 0 aliphatic heterocycles. The lowest BCUT2D eigenvalue weighted by molar-refractivity contribution is -0.131. The van der Waals surface area contributed by atoms with Crippen molar-refractivity contribution >= 4 is 22.9 Å². The van der Waals surface area contributed by atoms with Gasteiger partial charge in [0.25, 0.3) is 0 Å². The monoisotopic (exact) mass is 324 g/mol. The molecule has 0 atom stereocenters. The molecule has 2 aromatic carbocycles. The quantitative estimate of drug-likeness (QED) is 0.572. The summed E-state index contributed by atoms with van der Waals surface area (Å²) in [5, 5.41) is 9.81. The predicted octanol–water partition coefficient (Wildman–Crippen LogP) is 4.29. The van der Waals surface area contributed by atoms with Crippen LogP contribution >= 0.6 is 0 Å². The molecule has 0 bridgehead atoms. The smallest absolute Gasteiger partial charge is 0.371 e. The number of rotatable bonds is 4. The van der Waals surface area contributed by atoms with Crippen molar-refractivity contribution in [3.8, 4) is 16.9 Å². The number of carbonyl (C=O) groups is 2. The Balaban J connectivity index is 2.06. The Kier molecular flexibility index (Phi) is 4.08. The van der Waals surface area contributed by atoms with E-state index in [1.165, 1.54) is 13.0 Å². The molecule has 0 unspecified atom stereocenters. The number of hydrogen-bond donors (Lipinski definition) is 1. The summed E-state index contributed by atoms with van der Waals surface area (Å²) < 4.78 is 10.4. The van der Waals surface area contributed by atoms with Gasteiger partial charge in [-0.05, 0) is 53.4 Å². The van der Waals surface area contributed by atoms with Crippen LogP contribution in [0.2, 0.25) is 0 Å². The molecule has 0 radical (unpaired) electrons. The lowest BCUT2D eigenvalue weighted by atomic mass is 9.96. The van der Waals surface area contributed by atoms with Gasteiger partial charge < -0.3 is 14.3 Å². The van der Waals surface area contributed by atoms with E-state index in [9.17, 15) is 9.59 Å². The van der Waals surface area contributed by atoms with Crippen LogP contribution in [0.25, 0.3) is 22.1 Å². The minimum atomic E-state index is -1.09. The molecule has 5 nitrogen and oxygen atoms in total. The number of aromatic carboxylic acids is 1. The van der Waals surface area contributed by atoms with Crippen LogP contribution in [0.3, 0.4) is 0 Å². The zero-order valence-electron chi connectivity index (χ0n) is 13.3. The molecule has 3 aromatic rings. The first-order valence-corrected chi connectivity index (χ1v) is 7.56. The van der Waals surface area contributed by atoms with Gasteiger partial charge in [0.05, 0.1) is 0 Å². The summed E-state index contributed by atoms with van der Waals surface area (Å²) in [6.45, 7) is 3.38. The first-order chi connectivity index (χ1) is 11.5. The Bertz CT molecular complexity index is 919. The predicted molar refractivity (Wildman–Crippen MR) is 89.3 cm³/mol. The van der Waals surface area contributed by atoms with Gasteiger partial charge in [-0.1, -0.05) is 19.1 Å². The fourth-order valence-electron chi connectivity index (χ4n) is 2.66. The molecule has 3 rings (SSSR count). The Labute approximate surface area is 138 Å². The zero-order chi connectivity index (χ0) is 17.3. The van der Waals surface area contributed by atoms with Gasteiger partial charge in [0.15, 0.2) is 0 Å². The summed E-state index contributed by atoms with van der Waals surface area (Å²) in [6, 6.07) is 12.5. The molecule has 0 spiro atoms. The van der Waals surface area contributed by atoms with E-state index in [1.807, 2.05) is 31.2 Å². The van der Waals surface area contributed by atoms with Crippen LogP contribution in [0.1, 0.15) is 30.0 Å². The summed E-state index contributed by atoms with van der Waals surface area (Å²) in [7, 11) is 0. The highest BCUT2D eigenvalue weighted by Gasteiger charge is 2.14. The van der Waals surface area contributed by atoms with Gasteiger partial charge >= 0.3 is 11.9 Å². The fourth-order valence-corrected chi connectivity index (χ4v) is 2.66. The van der Waals surface area contributed by atoms with Gasteiger partial charge in [0.1, 0.15) is 11.3 Å². The largest absolute Gasteiger partial charge is 0.475 e. The molecule has 1 N–H and O–H groups in total. The maximum Gasteiger partial charge on any atom is 0.371 e. The van der Waals surface area contributed by atoms with Gasteiger partial charge in [-0.2, -0.15) is 0 Å². The minimum Gasteiger partial charge on any atom is -0.475 e. The van der Waals surface area contributed by atoms with Gasteiger partial charge in [-0.25, -0.2) is 4.79 Å². The van der Waals surface area contributed by atoms with Gasteiger partial charge in [0.2, 0.25) is 5.76 Å². The van der Waals surface area contributed by atoms with E-state index in [2.05, 4.69) is 0 Å². The standard InChI is InChI=1S/C19H16O5/c1-3-12-9-17-14(10-18(24-17)19(21)22)8-16(12)13-4-6-15(7-5-13)23-11(2)20/h4-10H,3H2,1-2H3,(H,21,22). The highest BCUT2D eigenvalue weighted by atomic mass is 16.5. The number of hydrogen-bond acceptors (Lipinski definition) is 4. The molecule has 24 heavy (non-hydrogen) atoms. The first-order valence-electron chi connectivity index (χ1n) is 7.56. The van der Waals surface area contributed by atoms with Gasteiger partial charge in [-0.15, -0.1) is 0 Å². The maximum atomic E-state index is 11.1. The van der Waals surface area contributed by atoms with Crippen molar-refractivity contribution in [2.24, 2.45) is 0 Å². The number of esters is 1. The van der Waals surface area contributed by atoms with E-state index in [1.54, 1.807) is 12.1 Å². The van der Waals surface area contributed by atoms with Crippen LogP contribution in [-0.2, 0) is 11.2 Å². The second kappa shape index (κ2) is 6.20. The SMILES string of the molecule is CCc1cc2oc(C(=O)O)cc2cc1-c1ccc(OC(C)=O)cc1. The van der Waals surface area contributed by atoms with Crippen molar-refractivity contribution in [3.05, 3.63) is 53.8 Å². The fraction of sp³-hybridized carbons (Fsp3) is 0.158. The van der Waals surface area contributed by atoms with Crippen molar-refractivity contribution in [2.45, 2.75) is 20.3 Å². The average molecular weight is 324 g/mol. The van der Waals surface area contributed by atoms with Gasteiger partial charge in [0, 0.05) is 12.3 Å². The number of benzene rings is 2. The number of aryl methyl sites for hydroxylation is 1. The van der Waals surface area contributed by atoms with Crippen LogP contribution < -0.4 is 4.74 Å². The van der Waals surface area contributed by atoms with Crippen molar-refractivity contribution in [1.29, 1.82) is 0 Å². The van der Waals surface area contributed by atoms with Crippen molar-refractivity contribution in [2.75, 3.05) is 0 Å². The number of carboxylic acid groups (broad SMARTS) is 1. The second-order valence-electron chi connectivity index (χ2n) is 5.43. The van der Waals surface area contributed by atoms with Crippen LogP contribution in [0.5, 0.6) is 5.75 Å². The summed E-state index contributed by atoms with van der Waals surface area (Å²) in [5.74, 6) is -1.04. The van der Waals surface area contributed by atoms with Crippen LogP contribution in [-0.4, -0.2) is 17.0 Å². The van der Waals surface area contributed by atoms with Crippen LogP contribution in [0, 0.1) is 0 Å². The molecule has 1 aromatic heterocycles. The lowest BCUT2D eigenvalue weighted by Crippen LogP contribution is -2.00. The molecular weight excluding hydrogens is 308 g/mol. The van der Waals surface area contributed by atoms with E-state index in [0.29, 0.717) is 11.3 Å². The van der Waals surface area contributed by atoms with Crippen molar-refractivity contribution < 1.29 is 23.8 Å². The van der Waals surface area contributed by atoms with Crippen molar-refractivity contribution in [1.82, 2.24) is 0 Å². The third kappa shape index (κ3) is 3.01. The molecule has 0 aliphatic rings.